The van der Waals surface area contributed by atoms with E-state index in [1.165, 1.54) is 0 Å². The van der Waals surface area contributed by atoms with E-state index in [1.54, 1.807) is 10.7 Å². The van der Waals surface area contributed by atoms with Crippen LogP contribution in [0.15, 0.2) is 53.3 Å². The van der Waals surface area contributed by atoms with Gasteiger partial charge >= 0.3 is 6.18 Å². The van der Waals surface area contributed by atoms with Crippen molar-refractivity contribution in [1.29, 1.82) is 0 Å². The van der Waals surface area contributed by atoms with E-state index in [2.05, 4.69) is 14.5 Å². The van der Waals surface area contributed by atoms with Crippen molar-refractivity contribution in [2.75, 3.05) is 19.7 Å². The van der Waals surface area contributed by atoms with Crippen molar-refractivity contribution in [2.45, 2.75) is 57.5 Å². The molecule has 6 rings (SSSR count). The van der Waals surface area contributed by atoms with E-state index in [0.717, 1.165) is 79.2 Å². The van der Waals surface area contributed by atoms with Crippen LogP contribution in [0.1, 0.15) is 60.5 Å². The van der Waals surface area contributed by atoms with Crippen LogP contribution in [0.5, 0.6) is 0 Å². The smallest absolute Gasteiger partial charge is 0.370 e. The van der Waals surface area contributed by atoms with Crippen LogP contribution in [0.3, 0.4) is 0 Å². The summed E-state index contributed by atoms with van der Waals surface area (Å²) in [5.41, 5.74) is 2.94. The first-order chi connectivity index (χ1) is 18.7. The molecule has 2 aromatic heterocycles. The molecule has 0 radical (unpaired) electrons. The van der Waals surface area contributed by atoms with Crippen LogP contribution in [-0.2, 0) is 24.5 Å². The molecule has 0 N–H and O–H groups in total. The summed E-state index contributed by atoms with van der Waals surface area (Å²) in [7, 11) is 1.90. The van der Waals surface area contributed by atoms with Gasteiger partial charge in [-0.25, -0.2) is 9.67 Å². The Bertz CT molecular complexity index is 1540. The third-order valence-corrected chi connectivity index (χ3v) is 8.24. The predicted octanol–water partition coefficient (Wildman–Crippen LogP) is 5.54. The number of piperidine rings is 1. The lowest BCUT2D eigenvalue weighted by Crippen LogP contribution is -2.36. The third kappa shape index (κ3) is 4.69. The average molecular weight is 540 g/mol. The van der Waals surface area contributed by atoms with Gasteiger partial charge in [-0.05, 0) is 62.9 Å². The van der Waals surface area contributed by atoms with Gasteiger partial charge in [0.15, 0.2) is 0 Å². The number of rotatable bonds is 5. The highest BCUT2D eigenvalue weighted by atomic mass is 19.4. The molecule has 10 heteroatoms. The van der Waals surface area contributed by atoms with Crippen molar-refractivity contribution in [3.8, 4) is 5.69 Å². The monoisotopic (exact) mass is 539 g/mol. The summed E-state index contributed by atoms with van der Waals surface area (Å²) in [6.45, 7) is 4.72. The van der Waals surface area contributed by atoms with Crippen LogP contribution in [0.4, 0.5) is 13.2 Å². The molecule has 2 aromatic carbocycles. The Morgan fingerprint density at radius 3 is 2.46 bits per heavy atom. The van der Waals surface area contributed by atoms with Crippen LogP contribution in [0, 0.1) is 6.92 Å². The molecule has 2 aliphatic heterocycles. The molecule has 1 atom stereocenters. The fraction of sp³-hybridized carbons (Fsp3) is 0.448. The van der Waals surface area contributed by atoms with Crippen molar-refractivity contribution in [1.82, 2.24) is 23.8 Å². The zero-order chi connectivity index (χ0) is 27.3. The van der Waals surface area contributed by atoms with E-state index < -0.39 is 11.7 Å². The number of fused-ring (bicyclic) bond motifs is 1. The lowest BCUT2D eigenvalue weighted by Gasteiger charge is -2.34. The van der Waals surface area contributed by atoms with Crippen LogP contribution in [0.2, 0.25) is 0 Å². The summed E-state index contributed by atoms with van der Waals surface area (Å²) in [6, 6.07) is 13.6. The minimum absolute atomic E-state index is 0.00920. The second kappa shape index (κ2) is 9.98. The Balaban J connectivity index is 1.25. The molecular weight excluding hydrogens is 507 g/mol. The summed E-state index contributed by atoms with van der Waals surface area (Å²) in [6.07, 6.45) is -1.27. The standard InChI is InChI=1S/C29H32F3N5O2/c1-19-23(28(38)37(34(19)2)22-7-4-3-5-8-22)18-35-14-12-21(13-15-35)36-25-11-10-20(29(30,31)32)17-24(25)33-27(36)26-9-6-16-39-26/h3-5,7-8,10-11,17,21,26H,6,9,12-16,18H2,1-2H3. The molecule has 206 valence electrons. The van der Waals surface area contributed by atoms with Crippen LogP contribution in [0.25, 0.3) is 16.7 Å². The molecule has 0 aliphatic carbocycles. The molecule has 0 spiro atoms. The SMILES string of the molecule is Cc1c(CN2CCC(n3c(C4CCCO4)nc4cc(C(F)(F)F)ccc43)CC2)c(=O)n(-c2ccccc2)n1C. The van der Waals surface area contributed by atoms with E-state index in [1.807, 2.05) is 49.0 Å². The molecule has 7 nitrogen and oxygen atoms in total. The Labute approximate surface area is 224 Å². The fourth-order valence-corrected chi connectivity index (χ4v) is 6.05. The molecule has 0 saturated carbocycles. The van der Waals surface area contributed by atoms with E-state index in [9.17, 15) is 18.0 Å². The summed E-state index contributed by atoms with van der Waals surface area (Å²) in [5.74, 6) is 0.727. The van der Waals surface area contributed by atoms with Gasteiger partial charge in [-0.1, -0.05) is 18.2 Å². The zero-order valence-corrected chi connectivity index (χ0v) is 22.1. The third-order valence-electron chi connectivity index (χ3n) is 8.24. The summed E-state index contributed by atoms with van der Waals surface area (Å²) < 4.78 is 51.8. The van der Waals surface area contributed by atoms with Crippen LogP contribution >= 0.6 is 0 Å². The lowest BCUT2D eigenvalue weighted by molar-refractivity contribution is -0.137. The van der Waals surface area contributed by atoms with Crippen LogP contribution in [-0.4, -0.2) is 43.5 Å². The Morgan fingerprint density at radius 1 is 1.05 bits per heavy atom. The van der Waals surface area contributed by atoms with Crippen molar-refractivity contribution in [2.24, 2.45) is 7.05 Å². The molecule has 2 saturated heterocycles. The lowest BCUT2D eigenvalue weighted by atomic mass is 10.0. The van der Waals surface area contributed by atoms with Crippen molar-refractivity contribution in [3.63, 3.8) is 0 Å². The highest BCUT2D eigenvalue weighted by Gasteiger charge is 2.34. The molecule has 0 amide bonds. The Morgan fingerprint density at radius 2 is 1.79 bits per heavy atom. The molecule has 2 fully saturated rings. The van der Waals surface area contributed by atoms with Gasteiger partial charge in [0.2, 0.25) is 0 Å². The highest BCUT2D eigenvalue weighted by Crippen LogP contribution is 2.38. The number of imidazole rings is 1. The normalized spacial score (nSPS) is 19.4. The number of benzene rings is 2. The van der Waals surface area contributed by atoms with Crippen LogP contribution < -0.4 is 5.56 Å². The first-order valence-electron chi connectivity index (χ1n) is 13.5. The molecule has 2 aliphatic rings. The van der Waals surface area contributed by atoms with Crippen molar-refractivity contribution >= 4 is 11.0 Å². The minimum atomic E-state index is -4.41. The molecule has 0 bridgehead atoms. The second-order valence-corrected chi connectivity index (χ2v) is 10.6. The number of ether oxygens (including phenoxy) is 1. The van der Waals surface area contributed by atoms with E-state index in [0.29, 0.717) is 18.7 Å². The zero-order valence-electron chi connectivity index (χ0n) is 22.1. The molecule has 1 unspecified atom stereocenters. The first kappa shape index (κ1) is 25.9. The van der Waals surface area contributed by atoms with Gasteiger partial charge in [0.05, 0.1) is 27.8 Å². The van der Waals surface area contributed by atoms with Crippen molar-refractivity contribution < 1.29 is 17.9 Å². The number of halogens is 3. The second-order valence-electron chi connectivity index (χ2n) is 10.6. The quantitative estimate of drug-likeness (QED) is 0.334. The van der Waals surface area contributed by atoms with Gasteiger partial charge in [-0.2, -0.15) is 13.2 Å². The molecular formula is C29H32F3N5O2. The maximum atomic E-state index is 13.4. The molecule has 4 aromatic rings. The number of para-hydroxylation sites is 1. The highest BCUT2D eigenvalue weighted by molar-refractivity contribution is 5.77. The average Bonchev–Trinajstić information content (AvgIpc) is 3.63. The number of alkyl halides is 3. The van der Waals surface area contributed by atoms with Gasteiger partial charge < -0.3 is 9.30 Å². The van der Waals surface area contributed by atoms with Gasteiger partial charge in [-0.3, -0.25) is 14.4 Å². The Hall–Kier alpha value is -3.37. The maximum absolute atomic E-state index is 13.4. The van der Waals surface area contributed by atoms with E-state index in [4.69, 9.17) is 4.74 Å². The van der Waals surface area contributed by atoms with E-state index in [-0.39, 0.29) is 17.7 Å². The largest absolute Gasteiger partial charge is 0.416 e. The number of nitrogens with zero attached hydrogens (tertiary/aromatic N) is 5. The minimum Gasteiger partial charge on any atom is -0.370 e. The molecule has 39 heavy (non-hydrogen) atoms. The van der Waals surface area contributed by atoms with Gasteiger partial charge in [0.25, 0.3) is 5.56 Å². The fourth-order valence-electron chi connectivity index (χ4n) is 6.05. The van der Waals surface area contributed by atoms with Gasteiger partial charge in [0.1, 0.15) is 11.9 Å². The number of hydrogen-bond acceptors (Lipinski definition) is 4. The molecule has 4 heterocycles. The topological polar surface area (TPSA) is 57.2 Å². The predicted molar refractivity (Wildman–Crippen MR) is 142 cm³/mol. The summed E-state index contributed by atoms with van der Waals surface area (Å²) >= 11 is 0. The number of aromatic nitrogens is 4. The first-order valence-corrected chi connectivity index (χ1v) is 13.5. The van der Waals surface area contributed by atoms with E-state index >= 15 is 0 Å². The van der Waals surface area contributed by atoms with Gasteiger partial charge in [-0.15, -0.1) is 0 Å². The maximum Gasteiger partial charge on any atom is 0.416 e. The summed E-state index contributed by atoms with van der Waals surface area (Å²) in [4.78, 5) is 20.3. The van der Waals surface area contributed by atoms with Crippen molar-refractivity contribution in [3.05, 3.63) is 81.5 Å². The van der Waals surface area contributed by atoms with Gasteiger partial charge in [0, 0.05) is 45.0 Å². The Kier molecular flexibility index (Phi) is 6.63. The summed E-state index contributed by atoms with van der Waals surface area (Å²) in [5, 5.41) is 0. The number of hydrogen-bond donors (Lipinski definition) is 0. The number of likely N-dealkylation sites (tertiary alicyclic amines) is 1.